The zero-order valence-corrected chi connectivity index (χ0v) is 14.6. The number of rotatable bonds is 5. The molecule has 1 aliphatic rings. The Kier molecular flexibility index (Phi) is 5.25. The standard InChI is InChI=1S/C17H30N2S/c1-6-18-15(11-16-19-12(2)13(3)20-16)14-9-7-8-10-17(14,4)5/h14-15,18H,6-11H2,1-5H3. The summed E-state index contributed by atoms with van der Waals surface area (Å²) < 4.78 is 0. The van der Waals surface area contributed by atoms with Gasteiger partial charge in [-0.25, -0.2) is 4.98 Å². The molecule has 1 N–H and O–H groups in total. The molecule has 2 rings (SSSR count). The lowest BCUT2D eigenvalue weighted by atomic mass is 9.65. The molecule has 1 aromatic rings. The van der Waals surface area contributed by atoms with Gasteiger partial charge >= 0.3 is 0 Å². The van der Waals surface area contributed by atoms with Crippen molar-refractivity contribution >= 4 is 11.3 Å². The topological polar surface area (TPSA) is 24.9 Å². The first-order valence-corrected chi connectivity index (χ1v) is 8.92. The predicted octanol–water partition coefficient (Wildman–Crippen LogP) is 4.50. The molecule has 0 aliphatic heterocycles. The first-order chi connectivity index (χ1) is 9.44. The molecule has 0 bridgehead atoms. The fraction of sp³-hybridized carbons (Fsp3) is 0.824. The van der Waals surface area contributed by atoms with E-state index in [-0.39, 0.29) is 0 Å². The molecule has 1 aromatic heterocycles. The number of aryl methyl sites for hydroxylation is 2. The van der Waals surface area contributed by atoms with Gasteiger partial charge in [-0.1, -0.05) is 33.6 Å². The molecule has 0 aromatic carbocycles. The number of hydrogen-bond acceptors (Lipinski definition) is 3. The van der Waals surface area contributed by atoms with Gasteiger partial charge in [-0.15, -0.1) is 11.3 Å². The number of thiazole rings is 1. The summed E-state index contributed by atoms with van der Waals surface area (Å²) in [6.07, 6.45) is 6.63. The molecular formula is C17H30N2S. The van der Waals surface area contributed by atoms with E-state index in [0.29, 0.717) is 11.5 Å². The Morgan fingerprint density at radius 1 is 1.35 bits per heavy atom. The van der Waals surface area contributed by atoms with E-state index in [4.69, 9.17) is 4.98 Å². The zero-order valence-electron chi connectivity index (χ0n) is 13.8. The third-order valence-electron chi connectivity index (χ3n) is 5.01. The fourth-order valence-corrected chi connectivity index (χ4v) is 4.69. The monoisotopic (exact) mass is 294 g/mol. The smallest absolute Gasteiger partial charge is 0.0946 e. The highest BCUT2D eigenvalue weighted by atomic mass is 32.1. The second kappa shape index (κ2) is 6.57. The molecule has 20 heavy (non-hydrogen) atoms. The van der Waals surface area contributed by atoms with Gasteiger partial charge in [0.2, 0.25) is 0 Å². The van der Waals surface area contributed by atoms with Crippen molar-refractivity contribution in [1.82, 2.24) is 10.3 Å². The Morgan fingerprint density at radius 3 is 2.65 bits per heavy atom. The third kappa shape index (κ3) is 3.62. The van der Waals surface area contributed by atoms with E-state index in [9.17, 15) is 0 Å². The van der Waals surface area contributed by atoms with E-state index in [1.165, 1.54) is 41.3 Å². The van der Waals surface area contributed by atoms with Crippen molar-refractivity contribution in [3.05, 3.63) is 15.6 Å². The van der Waals surface area contributed by atoms with Gasteiger partial charge in [-0.05, 0) is 44.6 Å². The highest BCUT2D eigenvalue weighted by molar-refractivity contribution is 7.11. The minimum atomic E-state index is 0.465. The van der Waals surface area contributed by atoms with E-state index in [1.54, 1.807) is 0 Å². The molecule has 1 fully saturated rings. The van der Waals surface area contributed by atoms with Gasteiger partial charge in [0, 0.05) is 17.3 Å². The largest absolute Gasteiger partial charge is 0.314 e. The molecule has 2 unspecified atom stereocenters. The molecule has 1 saturated carbocycles. The maximum atomic E-state index is 4.75. The highest BCUT2D eigenvalue weighted by Gasteiger charge is 2.37. The van der Waals surface area contributed by atoms with Crippen molar-refractivity contribution in [2.75, 3.05) is 6.54 Å². The van der Waals surface area contributed by atoms with Crippen LogP contribution in [0.15, 0.2) is 0 Å². The van der Waals surface area contributed by atoms with Gasteiger partial charge in [-0.3, -0.25) is 0 Å². The molecule has 1 heterocycles. The Bertz CT molecular complexity index is 417. The van der Waals surface area contributed by atoms with Crippen molar-refractivity contribution < 1.29 is 0 Å². The van der Waals surface area contributed by atoms with Crippen LogP contribution >= 0.6 is 11.3 Å². The Balaban J connectivity index is 2.13. The number of nitrogens with zero attached hydrogens (tertiary/aromatic N) is 1. The lowest BCUT2D eigenvalue weighted by Crippen LogP contribution is -2.46. The fourth-order valence-electron chi connectivity index (χ4n) is 3.70. The second-order valence-electron chi connectivity index (χ2n) is 6.96. The summed E-state index contributed by atoms with van der Waals surface area (Å²) >= 11 is 1.88. The molecule has 2 atom stereocenters. The lowest BCUT2D eigenvalue weighted by molar-refractivity contribution is 0.0987. The maximum Gasteiger partial charge on any atom is 0.0946 e. The Morgan fingerprint density at radius 2 is 2.10 bits per heavy atom. The first kappa shape index (κ1) is 16.0. The molecule has 0 amide bonds. The summed E-state index contributed by atoms with van der Waals surface area (Å²) in [5, 5.41) is 5.06. The van der Waals surface area contributed by atoms with Crippen LogP contribution in [-0.2, 0) is 6.42 Å². The van der Waals surface area contributed by atoms with Crippen LogP contribution in [0.2, 0.25) is 0 Å². The molecular weight excluding hydrogens is 264 g/mol. The SMILES string of the molecule is CCNC(Cc1nc(C)c(C)s1)C1CCCCC1(C)C. The minimum absolute atomic E-state index is 0.465. The summed E-state index contributed by atoms with van der Waals surface area (Å²) in [5.74, 6) is 0.778. The molecule has 2 nitrogen and oxygen atoms in total. The highest BCUT2D eigenvalue weighted by Crippen LogP contribution is 2.43. The van der Waals surface area contributed by atoms with Gasteiger partial charge in [0.25, 0.3) is 0 Å². The number of aromatic nitrogens is 1. The van der Waals surface area contributed by atoms with Gasteiger partial charge in [0.15, 0.2) is 0 Å². The van der Waals surface area contributed by atoms with Crippen molar-refractivity contribution in [1.29, 1.82) is 0 Å². The molecule has 0 spiro atoms. The average Bonchev–Trinajstić information content (AvgIpc) is 2.67. The van der Waals surface area contributed by atoms with Crippen molar-refractivity contribution in [2.24, 2.45) is 11.3 Å². The second-order valence-corrected chi connectivity index (χ2v) is 8.25. The minimum Gasteiger partial charge on any atom is -0.314 e. The summed E-state index contributed by atoms with van der Waals surface area (Å²) in [6, 6.07) is 0.584. The molecule has 3 heteroatoms. The molecule has 0 saturated heterocycles. The van der Waals surface area contributed by atoms with Crippen molar-refractivity contribution in [3.8, 4) is 0 Å². The van der Waals surface area contributed by atoms with Gasteiger partial charge < -0.3 is 5.32 Å². The van der Waals surface area contributed by atoms with Crippen molar-refractivity contribution in [3.63, 3.8) is 0 Å². The maximum absolute atomic E-state index is 4.75. The molecule has 0 radical (unpaired) electrons. The van der Waals surface area contributed by atoms with Gasteiger partial charge in [0.1, 0.15) is 0 Å². The summed E-state index contributed by atoms with van der Waals surface area (Å²) in [4.78, 5) is 6.13. The number of hydrogen-bond donors (Lipinski definition) is 1. The zero-order chi connectivity index (χ0) is 14.8. The summed E-state index contributed by atoms with van der Waals surface area (Å²) in [5.41, 5.74) is 1.68. The number of nitrogens with one attached hydrogen (secondary N) is 1. The van der Waals surface area contributed by atoms with E-state index in [0.717, 1.165) is 18.9 Å². The molecule has 1 aliphatic carbocycles. The lowest BCUT2D eigenvalue weighted by Gasteiger charge is -2.43. The van der Waals surface area contributed by atoms with E-state index in [1.807, 2.05) is 11.3 Å². The average molecular weight is 295 g/mol. The normalized spacial score (nSPS) is 23.8. The van der Waals surface area contributed by atoms with Crippen LogP contribution < -0.4 is 5.32 Å². The van der Waals surface area contributed by atoms with Gasteiger partial charge in [-0.2, -0.15) is 0 Å². The predicted molar refractivity (Wildman–Crippen MR) is 88.5 cm³/mol. The van der Waals surface area contributed by atoms with Crippen LogP contribution in [0.3, 0.4) is 0 Å². The van der Waals surface area contributed by atoms with Gasteiger partial charge in [0.05, 0.1) is 10.7 Å². The summed E-state index contributed by atoms with van der Waals surface area (Å²) in [7, 11) is 0. The van der Waals surface area contributed by atoms with E-state index >= 15 is 0 Å². The van der Waals surface area contributed by atoms with Crippen LogP contribution in [0.4, 0.5) is 0 Å². The Hall–Kier alpha value is -0.410. The van der Waals surface area contributed by atoms with Crippen LogP contribution in [0, 0.1) is 25.2 Å². The van der Waals surface area contributed by atoms with Crippen LogP contribution in [0.1, 0.15) is 62.0 Å². The quantitative estimate of drug-likeness (QED) is 0.865. The van der Waals surface area contributed by atoms with Crippen LogP contribution in [-0.4, -0.2) is 17.6 Å². The third-order valence-corrected chi connectivity index (χ3v) is 6.10. The van der Waals surface area contributed by atoms with E-state index in [2.05, 4.69) is 39.9 Å². The van der Waals surface area contributed by atoms with Crippen LogP contribution in [0.25, 0.3) is 0 Å². The summed E-state index contributed by atoms with van der Waals surface area (Å²) in [6.45, 7) is 12.5. The van der Waals surface area contributed by atoms with Crippen molar-refractivity contribution in [2.45, 2.75) is 72.8 Å². The van der Waals surface area contributed by atoms with Crippen LogP contribution in [0.5, 0.6) is 0 Å². The Labute approximate surface area is 128 Å². The van der Waals surface area contributed by atoms with E-state index < -0.39 is 0 Å². The first-order valence-electron chi connectivity index (χ1n) is 8.10. The molecule has 114 valence electrons. The number of likely N-dealkylation sites (N-methyl/N-ethyl adjacent to an activating group) is 1.